The molecule has 1 atom stereocenters. The molecule has 1 unspecified atom stereocenters. The Labute approximate surface area is 103 Å². The summed E-state index contributed by atoms with van der Waals surface area (Å²) in [6.45, 7) is 0. The molecule has 1 aromatic heterocycles. The average Bonchev–Trinajstić information content (AvgIpc) is 2.74. The maximum Gasteiger partial charge on any atom is 0.332 e. The third-order valence-corrected chi connectivity index (χ3v) is 2.55. The second kappa shape index (κ2) is 4.87. The number of aromatic nitrogens is 2. The summed E-state index contributed by atoms with van der Waals surface area (Å²) in [5.41, 5.74) is 1.05. The van der Waals surface area contributed by atoms with Crippen LogP contribution in [0.3, 0.4) is 0 Å². The Morgan fingerprint density at radius 2 is 2.11 bits per heavy atom. The highest BCUT2D eigenvalue weighted by Gasteiger charge is 2.22. The summed E-state index contributed by atoms with van der Waals surface area (Å²) in [5.74, 6) is -1.39. The fourth-order valence-electron chi connectivity index (χ4n) is 1.62. The van der Waals surface area contributed by atoms with Crippen molar-refractivity contribution in [2.24, 2.45) is 7.05 Å². The van der Waals surface area contributed by atoms with Gasteiger partial charge in [0.05, 0.1) is 18.2 Å². The third-order valence-electron chi connectivity index (χ3n) is 2.55. The zero-order valence-electron chi connectivity index (χ0n) is 9.67. The number of nitrogens with zero attached hydrogens (tertiary/aromatic N) is 2. The number of carboxylic acid groups (broad SMARTS) is 1. The molecule has 0 aliphatic rings. The molecule has 0 saturated heterocycles. The Bertz CT molecular complexity index is 551. The Kier molecular flexibility index (Phi) is 3.27. The van der Waals surface area contributed by atoms with Gasteiger partial charge in [-0.05, 0) is 24.3 Å². The molecule has 0 spiro atoms. The smallest absolute Gasteiger partial charge is 0.332 e. The minimum atomic E-state index is -1.03. The minimum Gasteiger partial charge on any atom is -0.479 e. The van der Waals surface area contributed by atoms with Crippen LogP contribution in [0.25, 0.3) is 0 Å². The Morgan fingerprint density at radius 3 is 2.61 bits per heavy atom. The molecule has 0 aliphatic carbocycles. The average molecular weight is 249 g/mol. The highest BCUT2D eigenvalue weighted by Crippen LogP contribution is 2.19. The van der Waals surface area contributed by atoms with Gasteiger partial charge in [-0.1, -0.05) is 0 Å². The number of carbonyl (C=O) groups is 1. The van der Waals surface area contributed by atoms with Gasteiger partial charge in [-0.2, -0.15) is 0 Å². The first-order valence-electron chi connectivity index (χ1n) is 5.29. The number of aliphatic carboxylic acids is 1. The van der Waals surface area contributed by atoms with Crippen molar-refractivity contribution in [2.75, 3.05) is 5.32 Å². The standard InChI is InChI=1S/C12H12FN3O2/c1-16-7-14-6-10(16)11(12(17)18)15-9-4-2-8(13)3-5-9/h2-7,11,15H,1H3,(H,17,18). The summed E-state index contributed by atoms with van der Waals surface area (Å²) in [5, 5.41) is 12.0. The third kappa shape index (κ3) is 2.48. The monoisotopic (exact) mass is 249 g/mol. The van der Waals surface area contributed by atoms with Crippen molar-refractivity contribution in [3.63, 3.8) is 0 Å². The quantitative estimate of drug-likeness (QED) is 0.867. The molecule has 0 amide bonds. The first kappa shape index (κ1) is 12.1. The van der Waals surface area contributed by atoms with Crippen LogP contribution in [0.15, 0.2) is 36.8 Å². The lowest BCUT2D eigenvalue weighted by molar-refractivity contribution is -0.138. The van der Waals surface area contributed by atoms with Gasteiger partial charge in [0.2, 0.25) is 0 Å². The van der Waals surface area contributed by atoms with E-state index in [4.69, 9.17) is 0 Å². The molecule has 1 heterocycles. The second-order valence-corrected chi connectivity index (χ2v) is 3.85. The van der Waals surface area contributed by atoms with Crippen molar-refractivity contribution in [1.29, 1.82) is 0 Å². The van der Waals surface area contributed by atoms with E-state index in [1.165, 1.54) is 36.8 Å². The van der Waals surface area contributed by atoms with Crippen LogP contribution in [0.2, 0.25) is 0 Å². The van der Waals surface area contributed by atoms with E-state index in [1.54, 1.807) is 11.6 Å². The number of rotatable bonds is 4. The molecule has 0 saturated carbocycles. The zero-order chi connectivity index (χ0) is 13.1. The van der Waals surface area contributed by atoms with E-state index in [2.05, 4.69) is 10.3 Å². The summed E-state index contributed by atoms with van der Waals surface area (Å²) in [6.07, 6.45) is 3.01. The van der Waals surface area contributed by atoms with Crippen molar-refractivity contribution in [3.8, 4) is 0 Å². The van der Waals surface area contributed by atoms with Gasteiger partial charge in [0.15, 0.2) is 6.04 Å². The van der Waals surface area contributed by atoms with E-state index in [-0.39, 0.29) is 5.82 Å². The van der Waals surface area contributed by atoms with Gasteiger partial charge in [0.25, 0.3) is 0 Å². The molecular weight excluding hydrogens is 237 g/mol. The van der Waals surface area contributed by atoms with Gasteiger partial charge in [0.1, 0.15) is 5.82 Å². The topological polar surface area (TPSA) is 67.2 Å². The predicted molar refractivity (Wildman–Crippen MR) is 63.6 cm³/mol. The van der Waals surface area contributed by atoms with Crippen LogP contribution < -0.4 is 5.32 Å². The van der Waals surface area contributed by atoms with E-state index in [0.29, 0.717) is 11.4 Å². The first-order chi connectivity index (χ1) is 8.58. The van der Waals surface area contributed by atoms with Crippen LogP contribution in [0, 0.1) is 5.82 Å². The summed E-state index contributed by atoms with van der Waals surface area (Å²) in [7, 11) is 1.71. The predicted octanol–water partition coefficient (Wildman–Crippen LogP) is 1.80. The number of carboxylic acids is 1. The number of hydrogen-bond donors (Lipinski definition) is 2. The van der Waals surface area contributed by atoms with Gasteiger partial charge >= 0.3 is 5.97 Å². The summed E-state index contributed by atoms with van der Waals surface area (Å²) in [6, 6.07) is 4.58. The normalized spacial score (nSPS) is 12.1. The van der Waals surface area contributed by atoms with Crippen molar-refractivity contribution >= 4 is 11.7 Å². The van der Waals surface area contributed by atoms with Gasteiger partial charge < -0.3 is 15.0 Å². The molecule has 1 aromatic carbocycles. The fourth-order valence-corrected chi connectivity index (χ4v) is 1.62. The van der Waals surface area contributed by atoms with Gasteiger partial charge in [-0.15, -0.1) is 0 Å². The van der Waals surface area contributed by atoms with Crippen LogP contribution in [0.4, 0.5) is 10.1 Å². The van der Waals surface area contributed by atoms with E-state index in [1.807, 2.05) is 0 Å². The Morgan fingerprint density at radius 1 is 1.44 bits per heavy atom. The van der Waals surface area contributed by atoms with Gasteiger partial charge in [-0.3, -0.25) is 0 Å². The van der Waals surface area contributed by atoms with Crippen LogP contribution in [0.1, 0.15) is 11.7 Å². The van der Waals surface area contributed by atoms with Crippen LogP contribution in [-0.4, -0.2) is 20.6 Å². The molecule has 18 heavy (non-hydrogen) atoms. The molecule has 2 rings (SSSR count). The highest BCUT2D eigenvalue weighted by atomic mass is 19.1. The van der Waals surface area contributed by atoms with Crippen molar-refractivity contribution < 1.29 is 14.3 Å². The molecule has 5 nitrogen and oxygen atoms in total. The molecule has 0 bridgehead atoms. The van der Waals surface area contributed by atoms with Crippen molar-refractivity contribution in [3.05, 3.63) is 48.3 Å². The number of nitrogens with one attached hydrogen (secondary N) is 1. The van der Waals surface area contributed by atoms with E-state index in [9.17, 15) is 14.3 Å². The number of hydrogen-bond acceptors (Lipinski definition) is 3. The van der Waals surface area contributed by atoms with E-state index >= 15 is 0 Å². The lowest BCUT2D eigenvalue weighted by Crippen LogP contribution is -2.22. The molecule has 0 fully saturated rings. The van der Waals surface area contributed by atoms with Crippen LogP contribution in [-0.2, 0) is 11.8 Å². The molecule has 0 aliphatic heterocycles. The number of aryl methyl sites for hydroxylation is 1. The summed E-state index contributed by atoms with van der Waals surface area (Å²) < 4.78 is 14.4. The number of anilines is 1. The number of benzene rings is 1. The molecule has 0 radical (unpaired) electrons. The maximum atomic E-state index is 12.8. The fraction of sp³-hybridized carbons (Fsp3) is 0.167. The molecule has 2 aromatic rings. The largest absolute Gasteiger partial charge is 0.479 e. The zero-order valence-corrected chi connectivity index (χ0v) is 9.67. The maximum absolute atomic E-state index is 12.8. The van der Waals surface area contributed by atoms with Crippen molar-refractivity contribution in [2.45, 2.75) is 6.04 Å². The number of halogens is 1. The number of imidazole rings is 1. The van der Waals surface area contributed by atoms with Gasteiger partial charge in [-0.25, -0.2) is 14.2 Å². The first-order valence-corrected chi connectivity index (χ1v) is 5.29. The van der Waals surface area contributed by atoms with Gasteiger partial charge in [0, 0.05) is 12.7 Å². The minimum absolute atomic E-state index is 0.368. The lowest BCUT2D eigenvalue weighted by atomic mass is 10.2. The SMILES string of the molecule is Cn1cncc1C(Nc1ccc(F)cc1)C(=O)O. The second-order valence-electron chi connectivity index (χ2n) is 3.85. The Hall–Kier alpha value is -2.37. The highest BCUT2D eigenvalue weighted by molar-refractivity contribution is 5.78. The molecular formula is C12H12FN3O2. The van der Waals surface area contributed by atoms with E-state index < -0.39 is 12.0 Å². The summed E-state index contributed by atoms with van der Waals surface area (Å²) >= 11 is 0. The van der Waals surface area contributed by atoms with E-state index in [0.717, 1.165) is 0 Å². The molecule has 6 heteroatoms. The molecule has 2 N–H and O–H groups in total. The Balaban J connectivity index is 2.25. The van der Waals surface area contributed by atoms with Crippen LogP contribution >= 0.6 is 0 Å². The molecule has 94 valence electrons. The lowest BCUT2D eigenvalue weighted by Gasteiger charge is -2.16. The van der Waals surface area contributed by atoms with Crippen molar-refractivity contribution in [1.82, 2.24) is 9.55 Å². The summed E-state index contributed by atoms with van der Waals surface area (Å²) in [4.78, 5) is 15.1. The van der Waals surface area contributed by atoms with Crippen LogP contribution in [0.5, 0.6) is 0 Å².